The highest BCUT2D eigenvalue weighted by Crippen LogP contribution is 2.66. The number of carbonyl (C=O) groups is 2. The summed E-state index contributed by atoms with van der Waals surface area (Å²) in [5.74, 6) is -1.24. The highest BCUT2D eigenvalue weighted by molar-refractivity contribution is 6.11. The van der Waals surface area contributed by atoms with Crippen LogP contribution in [-0.2, 0) is 16.8 Å². The van der Waals surface area contributed by atoms with E-state index in [0.29, 0.717) is 13.0 Å². The first-order chi connectivity index (χ1) is 14.0. The molecule has 1 aliphatic heterocycles. The molecule has 29 heavy (non-hydrogen) atoms. The van der Waals surface area contributed by atoms with Gasteiger partial charge in [-0.25, -0.2) is 9.18 Å². The summed E-state index contributed by atoms with van der Waals surface area (Å²) >= 11 is 0. The van der Waals surface area contributed by atoms with Crippen molar-refractivity contribution in [3.63, 3.8) is 0 Å². The van der Waals surface area contributed by atoms with Crippen molar-refractivity contribution < 1.29 is 19.1 Å². The van der Waals surface area contributed by atoms with E-state index in [-0.39, 0.29) is 23.2 Å². The second-order valence-corrected chi connectivity index (χ2v) is 7.69. The molecule has 0 unspecified atom stereocenters. The van der Waals surface area contributed by atoms with E-state index >= 15 is 0 Å². The first-order valence-electron chi connectivity index (χ1n) is 9.50. The van der Waals surface area contributed by atoms with Gasteiger partial charge < -0.3 is 10.0 Å². The monoisotopic (exact) mass is 387 g/mol. The minimum absolute atomic E-state index is 0.0205. The third kappa shape index (κ3) is 2.65. The van der Waals surface area contributed by atoms with Crippen LogP contribution in [0, 0.1) is 5.82 Å². The highest BCUT2D eigenvalue weighted by atomic mass is 19.1. The van der Waals surface area contributed by atoms with Crippen LogP contribution in [0.1, 0.15) is 39.4 Å². The van der Waals surface area contributed by atoms with E-state index in [0.717, 1.165) is 22.4 Å². The number of rotatable bonds is 4. The zero-order valence-electron chi connectivity index (χ0n) is 15.5. The van der Waals surface area contributed by atoms with E-state index in [1.54, 1.807) is 35.2 Å². The lowest BCUT2D eigenvalue weighted by molar-refractivity contribution is -0.120. The molecule has 1 aliphatic carbocycles. The molecule has 0 radical (unpaired) electrons. The van der Waals surface area contributed by atoms with Crippen molar-refractivity contribution in [1.82, 2.24) is 0 Å². The molecule has 1 fully saturated rings. The van der Waals surface area contributed by atoms with E-state index in [9.17, 15) is 19.1 Å². The van der Waals surface area contributed by atoms with Gasteiger partial charge in [-0.15, -0.1) is 0 Å². The largest absolute Gasteiger partial charge is 0.478 e. The Labute approximate surface area is 167 Å². The lowest BCUT2D eigenvalue weighted by Gasteiger charge is -2.19. The second-order valence-electron chi connectivity index (χ2n) is 7.69. The summed E-state index contributed by atoms with van der Waals surface area (Å²) in [5, 5.41) is 9.25. The van der Waals surface area contributed by atoms with Crippen LogP contribution in [0.4, 0.5) is 10.1 Å². The van der Waals surface area contributed by atoms with Crippen LogP contribution in [-0.4, -0.2) is 17.0 Å². The lowest BCUT2D eigenvalue weighted by Crippen LogP contribution is -2.32. The summed E-state index contributed by atoms with van der Waals surface area (Å²) < 4.78 is 13.3. The second kappa shape index (κ2) is 6.27. The Balaban J connectivity index is 1.51. The molecule has 5 heteroatoms. The summed E-state index contributed by atoms with van der Waals surface area (Å²) in [6, 6.07) is 20.8. The van der Waals surface area contributed by atoms with Gasteiger partial charge >= 0.3 is 5.97 Å². The van der Waals surface area contributed by atoms with E-state index < -0.39 is 11.4 Å². The molecular formula is C24H18FNO3. The van der Waals surface area contributed by atoms with Crippen molar-refractivity contribution in [2.24, 2.45) is 0 Å². The first kappa shape index (κ1) is 17.6. The number of carboxylic acid groups (broad SMARTS) is 1. The zero-order valence-corrected chi connectivity index (χ0v) is 15.5. The van der Waals surface area contributed by atoms with Gasteiger partial charge in [-0.3, -0.25) is 4.79 Å². The van der Waals surface area contributed by atoms with Crippen molar-refractivity contribution in [1.29, 1.82) is 0 Å². The normalized spacial score (nSPS) is 22.0. The standard InChI is InChI=1S/C24H18FNO3/c25-18-10-8-16(9-11-18)20-13-24(20)19-6-1-2-7-21(19)26(23(24)29)14-15-4-3-5-17(12-15)22(27)28/h1-12,20H,13-14H2,(H,27,28)/t20-,24+/m1/s1. The highest BCUT2D eigenvalue weighted by Gasteiger charge is 2.67. The molecule has 3 aromatic rings. The molecule has 2 atom stereocenters. The van der Waals surface area contributed by atoms with Gasteiger partial charge in [0.25, 0.3) is 0 Å². The molecular weight excluding hydrogens is 369 g/mol. The van der Waals surface area contributed by atoms with Crippen LogP contribution < -0.4 is 4.90 Å². The van der Waals surface area contributed by atoms with Crippen LogP contribution in [0.2, 0.25) is 0 Å². The topological polar surface area (TPSA) is 57.6 Å². The molecule has 1 N–H and O–H groups in total. The SMILES string of the molecule is O=C(O)c1cccc(CN2C(=O)[C@@]3(C[C@@H]3c3ccc(F)cc3)c3ccccc32)c1. The molecule has 0 saturated heterocycles. The number of hydrogen-bond donors (Lipinski definition) is 1. The van der Waals surface area contributed by atoms with Crippen molar-refractivity contribution >= 4 is 17.6 Å². The zero-order chi connectivity index (χ0) is 20.2. The maximum atomic E-state index is 13.6. The first-order valence-corrected chi connectivity index (χ1v) is 9.50. The van der Waals surface area contributed by atoms with Gasteiger partial charge in [-0.2, -0.15) is 0 Å². The lowest BCUT2D eigenvalue weighted by atomic mass is 9.92. The van der Waals surface area contributed by atoms with Gasteiger partial charge in [-0.1, -0.05) is 42.5 Å². The summed E-state index contributed by atoms with van der Waals surface area (Å²) in [6.07, 6.45) is 0.695. The molecule has 0 bridgehead atoms. The molecule has 1 saturated carbocycles. The number of para-hydroxylation sites is 1. The number of hydrogen-bond acceptors (Lipinski definition) is 2. The molecule has 144 valence electrons. The number of benzene rings is 3. The van der Waals surface area contributed by atoms with E-state index in [1.807, 2.05) is 30.3 Å². The third-order valence-corrected chi connectivity index (χ3v) is 6.05. The molecule has 0 aromatic heterocycles. The number of amides is 1. The van der Waals surface area contributed by atoms with Gasteiger partial charge in [0.05, 0.1) is 17.5 Å². The van der Waals surface area contributed by atoms with Gasteiger partial charge in [0.15, 0.2) is 0 Å². The quantitative estimate of drug-likeness (QED) is 0.717. The summed E-state index contributed by atoms with van der Waals surface area (Å²) in [5.41, 5.74) is 3.18. The van der Waals surface area contributed by atoms with Crippen LogP contribution in [0.3, 0.4) is 0 Å². The Morgan fingerprint density at radius 2 is 1.83 bits per heavy atom. The summed E-state index contributed by atoms with van der Waals surface area (Å²) in [6.45, 7) is 0.314. The maximum absolute atomic E-state index is 13.6. The van der Waals surface area contributed by atoms with Crippen molar-refractivity contribution in [3.8, 4) is 0 Å². The number of nitrogens with zero attached hydrogens (tertiary/aromatic N) is 1. The Bertz CT molecular complexity index is 1140. The molecule has 1 heterocycles. The number of fused-ring (bicyclic) bond motifs is 2. The summed E-state index contributed by atoms with van der Waals surface area (Å²) in [7, 11) is 0. The fourth-order valence-electron chi connectivity index (χ4n) is 4.59. The molecule has 2 aliphatic rings. The third-order valence-electron chi connectivity index (χ3n) is 6.05. The van der Waals surface area contributed by atoms with Crippen LogP contribution in [0.5, 0.6) is 0 Å². The predicted molar refractivity (Wildman–Crippen MR) is 106 cm³/mol. The Hall–Kier alpha value is -3.47. The number of anilines is 1. The number of carbonyl (C=O) groups excluding carboxylic acids is 1. The fraction of sp³-hybridized carbons (Fsp3) is 0.167. The van der Waals surface area contributed by atoms with Gasteiger partial charge in [0, 0.05) is 11.6 Å². The maximum Gasteiger partial charge on any atom is 0.335 e. The minimum Gasteiger partial charge on any atom is -0.478 e. The predicted octanol–water partition coefficient (Wildman–Crippen LogP) is 4.50. The molecule has 3 aromatic carbocycles. The fourth-order valence-corrected chi connectivity index (χ4v) is 4.59. The van der Waals surface area contributed by atoms with Crippen molar-refractivity contribution in [2.75, 3.05) is 4.90 Å². The Morgan fingerprint density at radius 1 is 1.07 bits per heavy atom. The number of halogens is 1. The molecule has 5 rings (SSSR count). The average molecular weight is 387 g/mol. The smallest absolute Gasteiger partial charge is 0.335 e. The average Bonchev–Trinajstić information content (AvgIpc) is 3.44. The minimum atomic E-state index is -0.991. The number of aromatic carboxylic acids is 1. The van der Waals surface area contributed by atoms with Crippen molar-refractivity contribution in [3.05, 3.63) is 101 Å². The van der Waals surface area contributed by atoms with Crippen LogP contribution >= 0.6 is 0 Å². The Morgan fingerprint density at radius 3 is 2.59 bits per heavy atom. The molecule has 1 amide bonds. The molecule has 1 spiro atoms. The van der Waals surface area contributed by atoms with Gasteiger partial charge in [0.2, 0.25) is 5.91 Å². The van der Waals surface area contributed by atoms with Gasteiger partial charge in [-0.05, 0) is 53.4 Å². The summed E-state index contributed by atoms with van der Waals surface area (Å²) in [4.78, 5) is 26.6. The van der Waals surface area contributed by atoms with Crippen molar-refractivity contribution in [2.45, 2.75) is 24.3 Å². The van der Waals surface area contributed by atoms with E-state index in [4.69, 9.17) is 0 Å². The Kier molecular flexibility index (Phi) is 3.81. The van der Waals surface area contributed by atoms with Gasteiger partial charge in [0.1, 0.15) is 5.82 Å². The molecule has 4 nitrogen and oxygen atoms in total. The van der Waals surface area contributed by atoms with Crippen LogP contribution in [0.15, 0.2) is 72.8 Å². The van der Waals surface area contributed by atoms with E-state index in [2.05, 4.69) is 0 Å². The van der Waals surface area contributed by atoms with E-state index in [1.165, 1.54) is 12.1 Å². The van der Waals surface area contributed by atoms with Crippen LogP contribution in [0.25, 0.3) is 0 Å². The number of carboxylic acids is 1.